The SMILES string of the molecule is CCNC(=NCc1cn2ccsc2n1)NCC(O)c1cc2ccccc2s1.I. The van der Waals surface area contributed by atoms with Gasteiger partial charge >= 0.3 is 0 Å². The van der Waals surface area contributed by atoms with Crippen LogP contribution >= 0.6 is 46.7 Å². The van der Waals surface area contributed by atoms with Gasteiger partial charge in [0, 0.05) is 40.4 Å². The Bertz CT molecular complexity index is 1010. The van der Waals surface area contributed by atoms with Gasteiger partial charge in [-0.05, 0) is 24.4 Å². The molecule has 0 saturated carbocycles. The Kier molecular flexibility index (Phi) is 7.27. The predicted octanol–water partition coefficient (Wildman–Crippen LogP) is 4.02. The molecule has 0 fully saturated rings. The zero-order valence-corrected chi connectivity index (χ0v) is 19.3. The third-order valence-electron chi connectivity index (χ3n) is 4.12. The smallest absolute Gasteiger partial charge is 0.193 e. The molecule has 0 spiro atoms. The standard InChI is InChI=1S/C19H21N5OS2.HI/c1-2-20-18(21-10-14-12-24-7-8-26-19(24)23-14)22-11-15(25)17-9-13-5-3-4-6-16(13)27-17;/h3-9,12,15,25H,2,10-11H2,1H3,(H2,20,21,22);1H. The van der Waals surface area contributed by atoms with Crippen molar-refractivity contribution in [2.24, 2.45) is 4.99 Å². The number of aromatic nitrogens is 2. The molecule has 1 atom stereocenters. The van der Waals surface area contributed by atoms with Gasteiger partial charge in [-0.2, -0.15) is 0 Å². The maximum Gasteiger partial charge on any atom is 0.193 e. The summed E-state index contributed by atoms with van der Waals surface area (Å²) in [6, 6.07) is 10.2. The quantitative estimate of drug-likeness (QED) is 0.201. The maximum absolute atomic E-state index is 10.5. The lowest BCUT2D eigenvalue weighted by molar-refractivity contribution is 0.184. The van der Waals surface area contributed by atoms with Crippen LogP contribution in [0.5, 0.6) is 0 Å². The molecule has 3 heterocycles. The monoisotopic (exact) mass is 527 g/mol. The number of benzene rings is 1. The van der Waals surface area contributed by atoms with Crippen molar-refractivity contribution in [2.45, 2.75) is 19.6 Å². The van der Waals surface area contributed by atoms with E-state index >= 15 is 0 Å². The van der Waals surface area contributed by atoms with Crippen molar-refractivity contribution in [1.29, 1.82) is 0 Å². The van der Waals surface area contributed by atoms with E-state index in [1.807, 2.05) is 47.3 Å². The molecular formula is C19H22IN5OS2. The minimum absolute atomic E-state index is 0. The highest BCUT2D eigenvalue weighted by Crippen LogP contribution is 2.29. The van der Waals surface area contributed by atoms with Gasteiger partial charge in [0.25, 0.3) is 0 Å². The highest BCUT2D eigenvalue weighted by Gasteiger charge is 2.12. The van der Waals surface area contributed by atoms with Gasteiger partial charge < -0.3 is 15.7 Å². The number of aliphatic imine (C=N–C) groups is 1. The second kappa shape index (κ2) is 9.68. The zero-order valence-electron chi connectivity index (χ0n) is 15.3. The summed E-state index contributed by atoms with van der Waals surface area (Å²) in [5.41, 5.74) is 0.920. The van der Waals surface area contributed by atoms with Gasteiger partial charge in [-0.15, -0.1) is 46.7 Å². The third-order valence-corrected chi connectivity index (χ3v) is 6.11. The van der Waals surface area contributed by atoms with E-state index in [1.54, 1.807) is 22.7 Å². The number of halogens is 1. The highest BCUT2D eigenvalue weighted by atomic mass is 127. The molecule has 148 valence electrons. The summed E-state index contributed by atoms with van der Waals surface area (Å²) in [5, 5.41) is 20.2. The fourth-order valence-corrected chi connectivity index (χ4v) is 4.58. The van der Waals surface area contributed by atoms with Crippen LogP contribution in [0, 0.1) is 0 Å². The molecule has 6 nitrogen and oxygen atoms in total. The first-order valence-electron chi connectivity index (χ1n) is 8.82. The lowest BCUT2D eigenvalue weighted by atomic mass is 10.2. The first kappa shape index (κ1) is 21.0. The van der Waals surface area contributed by atoms with Crippen LogP contribution in [0.3, 0.4) is 0 Å². The molecule has 0 radical (unpaired) electrons. The van der Waals surface area contributed by atoms with Crippen molar-refractivity contribution in [2.75, 3.05) is 13.1 Å². The van der Waals surface area contributed by atoms with E-state index in [4.69, 9.17) is 0 Å². The number of aliphatic hydroxyl groups excluding tert-OH is 1. The number of nitrogens with one attached hydrogen (secondary N) is 2. The van der Waals surface area contributed by atoms with E-state index in [0.717, 1.165) is 27.5 Å². The highest BCUT2D eigenvalue weighted by molar-refractivity contribution is 14.0. The summed E-state index contributed by atoms with van der Waals surface area (Å²) in [7, 11) is 0. The molecule has 0 aliphatic rings. The van der Waals surface area contributed by atoms with Crippen LogP contribution in [0.25, 0.3) is 15.0 Å². The number of rotatable bonds is 6. The molecular weight excluding hydrogens is 505 g/mol. The lowest BCUT2D eigenvalue weighted by Gasteiger charge is -2.14. The molecule has 1 aromatic carbocycles. The van der Waals surface area contributed by atoms with Crippen molar-refractivity contribution in [3.63, 3.8) is 0 Å². The summed E-state index contributed by atoms with van der Waals surface area (Å²) in [6.07, 6.45) is 3.40. The zero-order chi connectivity index (χ0) is 18.6. The summed E-state index contributed by atoms with van der Waals surface area (Å²) >= 11 is 3.23. The maximum atomic E-state index is 10.5. The van der Waals surface area contributed by atoms with E-state index in [9.17, 15) is 5.11 Å². The van der Waals surface area contributed by atoms with E-state index in [-0.39, 0.29) is 24.0 Å². The number of guanidine groups is 1. The Balaban J connectivity index is 0.00000225. The lowest BCUT2D eigenvalue weighted by Crippen LogP contribution is -2.39. The third kappa shape index (κ3) is 4.83. The molecule has 4 rings (SSSR count). The topological polar surface area (TPSA) is 74.0 Å². The summed E-state index contributed by atoms with van der Waals surface area (Å²) in [5.74, 6) is 0.675. The number of hydrogen-bond donors (Lipinski definition) is 3. The second-order valence-corrected chi connectivity index (χ2v) is 8.09. The van der Waals surface area contributed by atoms with Gasteiger partial charge in [-0.3, -0.25) is 4.40 Å². The van der Waals surface area contributed by atoms with Crippen LogP contribution in [0.2, 0.25) is 0 Å². The first-order valence-corrected chi connectivity index (χ1v) is 10.5. The molecule has 4 aromatic rings. The van der Waals surface area contributed by atoms with Gasteiger partial charge in [0.1, 0.15) is 6.10 Å². The van der Waals surface area contributed by atoms with Gasteiger partial charge in [-0.25, -0.2) is 9.98 Å². The number of thiophene rings is 1. The largest absolute Gasteiger partial charge is 0.386 e. The number of nitrogens with zero attached hydrogens (tertiary/aromatic N) is 3. The van der Waals surface area contributed by atoms with Gasteiger partial charge in [0.05, 0.1) is 12.2 Å². The average Bonchev–Trinajstić information content (AvgIpc) is 3.37. The van der Waals surface area contributed by atoms with Crippen LogP contribution in [0.1, 0.15) is 23.6 Å². The predicted molar refractivity (Wildman–Crippen MR) is 128 cm³/mol. The van der Waals surface area contributed by atoms with E-state index in [0.29, 0.717) is 19.0 Å². The van der Waals surface area contributed by atoms with Crippen molar-refractivity contribution in [3.05, 3.63) is 58.7 Å². The minimum Gasteiger partial charge on any atom is -0.386 e. The molecule has 0 aliphatic heterocycles. The van der Waals surface area contributed by atoms with E-state index < -0.39 is 6.10 Å². The Morgan fingerprint density at radius 1 is 1.32 bits per heavy atom. The van der Waals surface area contributed by atoms with Crippen LogP contribution in [0.15, 0.2) is 53.1 Å². The fraction of sp³-hybridized carbons (Fsp3) is 0.263. The average molecular weight is 527 g/mol. The summed E-state index contributed by atoms with van der Waals surface area (Å²) < 4.78 is 3.19. The van der Waals surface area contributed by atoms with Gasteiger partial charge in [0.15, 0.2) is 10.9 Å². The molecule has 1 unspecified atom stereocenters. The van der Waals surface area contributed by atoms with Crippen molar-refractivity contribution in [3.8, 4) is 0 Å². The molecule has 9 heteroatoms. The van der Waals surface area contributed by atoms with Crippen molar-refractivity contribution < 1.29 is 5.11 Å². The summed E-state index contributed by atoms with van der Waals surface area (Å²) in [4.78, 5) is 11.0. The fourth-order valence-electron chi connectivity index (χ4n) is 2.81. The molecule has 0 saturated heterocycles. The number of thiazole rings is 1. The Morgan fingerprint density at radius 3 is 2.96 bits per heavy atom. The molecule has 0 aliphatic carbocycles. The van der Waals surface area contributed by atoms with Crippen LogP contribution < -0.4 is 10.6 Å². The summed E-state index contributed by atoms with van der Waals surface area (Å²) in [6.45, 7) is 3.66. The second-order valence-electron chi connectivity index (χ2n) is 6.10. The molecule has 3 N–H and O–H groups in total. The molecule has 0 bridgehead atoms. The van der Waals surface area contributed by atoms with Crippen LogP contribution in [0.4, 0.5) is 0 Å². The normalized spacial score (nSPS) is 12.9. The Hall–Kier alpha value is -1.69. The Morgan fingerprint density at radius 2 is 2.18 bits per heavy atom. The van der Waals surface area contributed by atoms with E-state index in [1.165, 1.54) is 4.70 Å². The molecule has 28 heavy (non-hydrogen) atoms. The number of hydrogen-bond acceptors (Lipinski definition) is 5. The van der Waals surface area contributed by atoms with Crippen LogP contribution in [-0.2, 0) is 6.54 Å². The van der Waals surface area contributed by atoms with Crippen LogP contribution in [-0.4, -0.2) is 33.5 Å². The minimum atomic E-state index is -0.579. The van der Waals surface area contributed by atoms with Gasteiger partial charge in [-0.1, -0.05) is 18.2 Å². The number of fused-ring (bicyclic) bond motifs is 2. The van der Waals surface area contributed by atoms with Gasteiger partial charge in [0.2, 0.25) is 0 Å². The van der Waals surface area contributed by atoms with E-state index in [2.05, 4.69) is 32.7 Å². The van der Waals surface area contributed by atoms with Crippen molar-refractivity contribution in [1.82, 2.24) is 20.0 Å². The Labute approximate surface area is 188 Å². The molecule has 0 amide bonds. The number of imidazole rings is 1. The molecule has 3 aromatic heterocycles. The number of aliphatic hydroxyl groups is 1. The first-order chi connectivity index (χ1) is 13.2. The van der Waals surface area contributed by atoms with Crippen molar-refractivity contribution >= 4 is 67.7 Å².